The quantitative estimate of drug-likeness (QED) is 0.909. The number of halogens is 2. The Morgan fingerprint density at radius 3 is 2.90 bits per heavy atom. The number of aromatic nitrogens is 1. The number of nitrogen functional groups attached to an aromatic ring is 1. The third-order valence-corrected chi connectivity index (χ3v) is 3.56. The normalized spacial score (nSPS) is 12.4. The van der Waals surface area contributed by atoms with Crippen LogP contribution in [0.4, 0.5) is 10.2 Å². The number of likely N-dealkylation sites (N-methyl/N-ethyl adjacent to an activating group) is 1. The molecule has 0 spiro atoms. The van der Waals surface area contributed by atoms with Crippen LogP contribution in [0.25, 0.3) is 0 Å². The van der Waals surface area contributed by atoms with Gasteiger partial charge in [0.05, 0.1) is 5.02 Å². The van der Waals surface area contributed by atoms with E-state index in [9.17, 15) is 4.39 Å². The summed E-state index contributed by atoms with van der Waals surface area (Å²) in [6, 6.07) is 6.86. The van der Waals surface area contributed by atoms with Gasteiger partial charge < -0.3 is 11.1 Å². The van der Waals surface area contributed by atoms with Crippen molar-refractivity contribution in [2.45, 2.75) is 19.4 Å². The maximum atomic E-state index is 14.0. The van der Waals surface area contributed by atoms with Crippen LogP contribution >= 0.6 is 11.6 Å². The molecule has 0 radical (unpaired) electrons. The molecular weight excluding hydrogens is 277 g/mol. The smallest absolute Gasteiger partial charge is 0.145 e. The van der Waals surface area contributed by atoms with Crippen LogP contribution in [0.3, 0.4) is 0 Å². The van der Waals surface area contributed by atoms with Gasteiger partial charge in [0.25, 0.3) is 0 Å². The first-order chi connectivity index (χ1) is 9.52. The second-order valence-corrected chi connectivity index (χ2v) is 5.15. The number of aryl methyl sites for hydroxylation is 1. The van der Waals surface area contributed by atoms with Crippen LogP contribution in [-0.2, 0) is 6.42 Å². The van der Waals surface area contributed by atoms with Gasteiger partial charge in [-0.05, 0) is 43.7 Å². The van der Waals surface area contributed by atoms with E-state index in [4.69, 9.17) is 17.3 Å². The Morgan fingerprint density at radius 2 is 2.20 bits per heavy atom. The molecular formula is C15H17ClFN3. The van der Waals surface area contributed by atoms with Crippen LogP contribution in [0.2, 0.25) is 5.02 Å². The maximum Gasteiger partial charge on any atom is 0.145 e. The summed E-state index contributed by atoms with van der Waals surface area (Å²) >= 11 is 5.81. The molecule has 1 aromatic carbocycles. The van der Waals surface area contributed by atoms with Gasteiger partial charge in [-0.15, -0.1) is 0 Å². The molecule has 3 N–H and O–H groups in total. The van der Waals surface area contributed by atoms with E-state index in [1.165, 1.54) is 6.07 Å². The Balaban J connectivity index is 2.34. The van der Waals surface area contributed by atoms with E-state index in [-0.39, 0.29) is 16.9 Å². The summed E-state index contributed by atoms with van der Waals surface area (Å²) in [5.74, 6) is 0.0750. The van der Waals surface area contributed by atoms with E-state index in [0.29, 0.717) is 17.8 Å². The monoisotopic (exact) mass is 293 g/mol. The molecule has 0 aliphatic heterocycles. The van der Waals surface area contributed by atoms with Gasteiger partial charge in [0.1, 0.15) is 11.6 Å². The molecule has 0 saturated heterocycles. The molecule has 5 heteroatoms. The topological polar surface area (TPSA) is 50.9 Å². The van der Waals surface area contributed by atoms with Crippen molar-refractivity contribution >= 4 is 17.4 Å². The molecule has 0 saturated carbocycles. The highest BCUT2D eigenvalue weighted by Gasteiger charge is 2.17. The standard InChI is InChI=1S/C15H17ClFN3/c1-9-6-11(15(18)20-8-9)13(19-2)7-10-4-3-5-12(16)14(10)17/h3-6,8,13,19H,7H2,1-2H3,(H2,18,20). The van der Waals surface area contributed by atoms with Crippen LogP contribution in [0.5, 0.6) is 0 Å². The van der Waals surface area contributed by atoms with Crippen molar-refractivity contribution < 1.29 is 4.39 Å². The number of rotatable bonds is 4. The summed E-state index contributed by atoms with van der Waals surface area (Å²) in [5.41, 5.74) is 8.35. The molecule has 1 atom stereocenters. The third-order valence-electron chi connectivity index (χ3n) is 3.27. The first-order valence-corrected chi connectivity index (χ1v) is 6.73. The molecule has 1 heterocycles. The van der Waals surface area contributed by atoms with Crippen LogP contribution in [-0.4, -0.2) is 12.0 Å². The first kappa shape index (κ1) is 14.8. The van der Waals surface area contributed by atoms with Crippen molar-refractivity contribution in [3.63, 3.8) is 0 Å². The number of hydrogen-bond donors (Lipinski definition) is 2. The molecule has 0 aliphatic rings. The average Bonchev–Trinajstić information content (AvgIpc) is 2.43. The number of pyridine rings is 1. The zero-order valence-electron chi connectivity index (χ0n) is 11.5. The predicted molar refractivity (Wildman–Crippen MR) is 80.3 cm³/mol. The summed E-state index contributed by atoms with van der Waals surface area (Å²) in [4.78, 5) is 4.15. The largest absolute Gasteiger partial charge is 0.383 e. The second kappa shape index (κ2) is 6.20. The Kier molecular flexibility index (Phi) is 4.57. The number of nitrogens with one attached hydrogen (secondary N) is 1. The highest BCUT2D eigenvalue weighted by Crippen LogP contribution is 2.26. The van der Waals surface area contributed by atoms with Crippen LogP contribution in [0.1, 0.15) is 22.7 Å². The number of anilines is 1. The average molecular weight is 294 g/mol. The molecule has 20 heavy (non-hydrogen) atoms. The van der Waals surface area contributed by atoms with Gasteiger partial charge in [-0.2, -0.15) is 0 Å². The number of hydrogen-bond acceptors (Lipinski definition) is 3. The Bertz CT molecular complexity index is 616. The van der Waals surface area contributed by atoms with Crippen molar-refractivity contribution in [2.24, 2.45) is 0 Å². The summed E-state index contributed by atoms with van der Waals surface area (Å²) in [5, 5.41) is 3.28. The lowest BCUT2D eigenvalue weighted by molar-refractivity contribution is 0.554. The van der Waals surface area contributed by atoms with Gasteiger partial charge in [-0.1, -0.05) is 23.7 Å². The fraction of sp³-hybridized carbons (Fsp3) is 0.267. The maximum absolute atomic E-state index is 14.0. The fourth-order valence-electron chi connectivity index (χ4n) is 2.18. The van der Waals surface area contributed by atoms with Gasteiger partial charge in [0.2, 0.25) is 0 Å². The molecule has 0 fully saturated rings. The van der Waals surface area contributed by atoms with Crippen LogP contribution < -0.4 is 11.1 Å². The number of nitrogens with two attached hydrogens (primary N) is 1. The van der Waals surface area contributed by atoms with Crippen LogP contribution in [0.15, 0.2) is 30.5 Å². The molecule has 0 amide bonds. The van der Waals surface area contributed by atoms with Gasteiger partial charge in [0, 0.05) is 17.8 Å². The zero-order chi connectivity index (χ0) is 14.7. The molecule has 106 valence electrons. The van der Waals surface area contributed by atoms with E-state index in [1.54, 1.807) is 18.3 Å². The molecule has 2 rings (SSSR count). The molecule has 1 aromatic heterocycles. The van der Waals surface area contributed by atoms with Crippen molar-refractivity contribution in [1.82, 2.24) is 10.3 Å². The minimum atomic E-state index is -0.381. The van der Waals surface area contributed by atoms with Crippen molar-refractivity contribution in [3.8, 4) is 0 Å². The van der Waals surface area contributed by atoms with Crippen molar-refractivity contribution in [3.05, 3.63) is 58.0 Å². The van der Waals surface area contributed by atoms with Gasteiger partial charge in [-0.3, -0.25) is 0 Å². The van der Waals surface area contributed by atoms with E-state index in [2.05, 4.69) is 10.3 Å². The number of nitrogens with zero attached hydrogens (tertiary/aromatic N) is 1. The SMILES string of the molecule is CNC(Cc1cccc(Cl)c1F)c1cc(C)cnc1N. The summed E-state index contributed by atoms with van der Waals surface area (Å²) < 4.78 is 14.0. The third kappa shape index (κ3) is 3.08. The minimum Gasteiger partial charge on any atom is -0.383 e. The summed E-state index contributed by atoms with van der Waals surface area (Å²) in [7, 11) is 1.81. The van der Waals surface area contributed by atoms with E-state index in [0.717, 1.165) is 11.1 Å². The second-order valence-electron chi connectivity index (χ2n) is 4.75. The van der Waals surface area contributed by atoms with Gasteiger partial charge in [-0.25, -0.2) is 9.37 Å². The summed E-state index contributed by atoms with van der Waals surface area (Å²) in [6.07, 6.45) is 2.17. The van der Waals surface area contributed by atoms with Crippen molar-refractivity contribution in [1.29, 1.82) is 0 Å². The predicted octanol–water partition coefficient (Wildman–Crippen LogP) is 3.27. The fourth-order valence-corrected chi connectivity index (χ4v) is 2.37. The lowest BCUT2D eigenvalue weighted by atomic mass is 9.98. The summed E-state index contributed by atoms with van der Waals surface area (Å²) in [6.45, 7) is 1.95. The number of benzene rings is 1. The molecule has 0 bridgehead atoms. The highest BCUT2D eigenvalue weighted by molar-refractivity contribution is 6.30. The van der Waals surface area contributed by atoms with E-state index >= 15 is 0 Å². The Hall–Kier alpha value is -1.65. The first-order valence-electron chi connectivity index (χ1n) is 6.35. The Morgan fingerprint density at radius 1 is 1.45 bits per heavy atom. The van der Waals surface area contributed by atoms with Crippen molar-refractivity contribution in [2.75, 3.05) is 12.8 Å². The Labute approximate surface area is 123 Å². The molecule has 2 aromatic rings. The van der Waals surface area contributed by atoms with Crippen LogP contribution in [0, 0.1) is 12.7 Å². The minimum absolute atomic E-state index is 0.115. The zero-order valence-corrected chi connectivity index (χ0v) is 12.2. The van der Waals surface area contributed by atoms with E-state index in [1.807, 2.05) is 20.0 Å². The highest BCUT2D eigenvalue weighted by atomic mass is 35.5. The molecule has 1 unspecified atom stereocenters. The lowest BCUT2D eigenvalue weighted by Gasteiger charge is -2.19. The lowest BCUT2D eigenvalue weighted by Crippen LogP contribution is -2.21. The molecule has 3 nitrogen and oxygen atoms in total. The molecule has 0 aliphatic carbocycles. The van der Waals surface area contributed by atoms with Gasteiger partial charge >= 0.3 is 0 Å². The van der Waals surface area contributed by atoms with Gasteiger partial charge in [0.15, 0.2) is 0 Å². The van der Waals surface area contributed by atoms with E-state index < -0.39 is 0 Å².